The van der Waals surface area contributed by atoms with Crippen LogP contribution < -0.4 is 5.32 Å². The largest absolute Gasteiger partial charge is 0.476 e. The predicted octanol–water partition coefficient (Wildman–Crippen LogP) is 0.799. The standard InChI is InChI=1S/C8H11N3O3S/c1-4(12)9-6-5(7(13)14)11(2)8(10-6)15-3/h1-3H3,(H,9,12)(H,13,14). The highest BCUT2D eigenvalue weighted by atomic mass is 32.2. The second-order valence-electron chi connectivity index (χ2n) is 2.84. The number of carbonyl (C=O) groups excluding carboxylic acids is 1. The number of hydrogen-bond donors (Lipinski definition) is 2. The molecule has 82 valence electrons. The summed E-state index contributed by atoms with van der Waals surface area (Å²) < 4.78 is 1.43. The summed E-state index contributed by atoms with van der Waals surface area (Å²) in [6.45, 7) is 1.30. The van der Waals surface area contributed by atoms with E-state index in [2.05, 4.69) is 10.3 Å². The molecule has 0 atom stereocenters. The zero-order valence-electron chi connectivity index (χ0n) is 8.57. The molecule has 0 aliphatic rings. The van der Waals surface area contributed by atoms with Gasteiger partial charge in [-0.1, -0.05) is 11.8 Å². The molecule has 15 heavy (non-hydrogen) atoms. The van der Waals surface area contributed by atoms with Crippen LogP contribution in [-0.2, 0) is 11.8 Å². The van der Waals surface area contributed by atoms with E-state index in [9.17, 15) is 9.59 Å². The molecule has 7 heteroatoms. The van der Waals surface area contributed by atoms with E-state index in [4.69, 9.17) is 5.11 Å². The van der Waals surface area contributed by atoms with Gasteiger partial charge in [-0.3, -0.25) is 4.79 Å². The minimum absolute atomic E-state index is 0.0189. The van der Waals surface area contributed by atoms with Crippen LogP contribution in [0.15, 0.2) is 5.16 Å². The maximum atomic E-state index is 10.9. The van der Waals surface area contributed by atoms with Crippen molar-refractivity contribution < 1.29 is 14.7 Å². The Hall–Kier alpha value is -1.50. The lowest BCUT2D eigenvalue weighted by Crippen LogP contribution is -2.12. The van der Waals surface area contributed by atoms with E-state index in [-0.39, 0.29) is 17.4 Å². The summed E-state index contributed by atoms with van der Waals surface area (Å²) in [6, 6.07) is 0. The summed E-state index contributed by atoms with van der Waals surface area (Å²) in [7, 11) is 1.59. The second kappa shape index (κ2) is 4.35. The van der Waals surface area contributed by atoms with Crippen LogP contribution in [0.25, 0.3) is 0 Å². The third-order valence-electron chi connectivity index (χ3n) is 1.73. The summed E-state index contributed by atoms with van der Waals surface area (Å²) in [6.07, 6.45) is 1.78. The van der Waals surface area contributed by atoms with Crippen LogP contribution in [0.1, 0.15) is 17.4 Å². The second-order valence-corrected chi connectivity index (χ2v) is 3.61. The first-order chi connectivity index (χ1) is 6.97. The van der Waals surface area contributed by atoms with Crippen LogP contribution in [0.3, 0.4) is 0 Å². The topological polar surface area (TPSA) is 84.2 Å². The van der Waals surface area contributed by atoms with Gasteiger partial charge >= 0.3 is 5.97 Å². The number of hydrogen-bond acceptors (Lipinski definition) is 4. The third kappa shape index (κ3) is 2.30. The van der Waals surface area contributed by atoms with Crippen LogP contribution in [0.2, 0.25) is 0 Å². The highest BCUT2D eigenvalue weighted by Crippen LogP contribution is 2.21. The smallest absolute Gasteiger partial charge is 0.356 e. The Morgan fingerprint density at radius 1 is 1.53 bits per heavy atom. The minimum atomic E-state index is -1.12. The van der Waals surface area contributed by atoms with E-state index < -0.39 is 5.97 Å². The fourth-order valence-electron chi connectivity index (χ4n) is 1.16. The van der Waals surface area contributed by atoms with Gasteiger partial charge in [0.25, 0.3) is 0 Å². The summed E-state index contributed by atoms with van der Waals surface area (Å²) in [5.41, 5.74) is -0.0189. The van der Waals surface area contributed by atoms with Gasteiger partial charge in [-0.25, -0.2) is 9.78 Å². The van der Waals surface area contributed by atoms with Gasteiger partial charge in [0.05, 0.1) is 0 Å². The lowest BCUT2D eigenvalue weighted by atomic mass is 10.4. The lowest BCUT2D eigenvalue weighted by molar-refractivity contribution is -0.114. The van der Waals surface area contributed by atoms with Crippen molar-refractivity contribution in [3.05, 3.63) is 5.69 Å². The summed E-state index contributed by atoms with van der Waals surface area (Å²) in [5, 5.41) is 11.9. The SMILES string of the molecule is CSc1nc(NC(C)=O)c(C(=O)O)n1C. The van der Waals surface area contributed by atoms with Crippen LogP contribution in [-0.4, -0.2) is 32.8 Å². The number of amides is 1. The number of aromatic carboxylic acids is 1. The number of nitrogens with zero attached hydrogens (tertiary/aromatic N) is 2. The van der Waals surface area contributed by atoms with E-state index in [0.29, 0.717) is 5.16 Å². The first-order valence-corrected chi connectivity index (χ1v) is 5.31. The molecule has 1 aromatic heterocycles. The molecule has 0 bridgehead atoms. The number of imidazole rings is 1. The van der Waals surface area contributed by atoms with Crippen molar-refractivity contribution in [1.29, 1.82) is 0 Å². The number of carboxylic acids is 1. The molecular formula is C8H11N3O3S. The highest BCUT2D eigenvalue weighted by molar-refractivity contribution is 7.98. The van der Waals surface area contributed by atoms with E-state index in [0.717, 1.165) is 0 Å². The quantitative estimate of drug-likeness (QED) is 0.749. The van der Waals surface area contributed by atoms with E-state index in [1.807, 2.05) is 0 Å². The Morgan fingerprint density at radius 3 is 2.53 bits per heavy atom. The number of nitrogens with one attached hydrogen (secondary N) is 1. The Bertz CT molecular complexity index is 414. The van der Waals surface area contributed by atoms with Crippen molar-refractivity contribution in [2.24, 2.45) is 7.05 Å². The highest BCUT2D eigenvalue weighted by Gasteiger charge is 2.20. The molecule has 2 N–H and O–H groups in total. The number of thioether (sulfide) groups is 1. The molecule has 0 radical (unpaired) electrons. The average molecular weight is 229 g/mol. The van der Waals surface area contributed by atoms with Crippen LogP contribution in [0.4, 0.5) is 5.82 Å². The Morgan fingerprint density at radius 2 is 2.13 bits per heavy atom. The molecule has 1 rings (SSSR count). The van der Waals surface area contributed by atoms with Gasteiger partial charge in [-0.2, -0.15) is 0 Å². The third-order valence-corrected chi connectivity index (χ3v) is 2.46. The fourth-order valence-corrected chi connectivity index (χ4v) is 1.71. The molecule has 0 unspecified atom stereocenters. The van der Waals surface area contributed by atoms with Gasteiger partial charge in [0.2, 0.25) is 5.91 Å². The first kappa shape index (κ1) is 11.6. The van der Waals surface area contributed by atoms with E-state index in [1.165, 1.54) is 23.3 Å². The Kier molecular flexibility index (Phi) is 3.35. The first-order valence-electron chi connectivity index (χ1n) is 4.09. The number of carbonyl (C=O) groups is 2. The van der Waals surface area contributed by atoms with Gasteiger partial charge < -0.3 is 15.0 Å². The van der Waals surface area contributed by atoms with Gasteiger partial charge in [0.1, 0.15) is 0 Å². The maximum Gasteiger partial charge on any atom is 0.356 e. The van der Waals surface area contributed by atoms with Crippen LogP contribution >= 0.6 is 11.8 Å². The lowest BCUT2D eigenvalue weighted by Gasteiger charge is -2.00. The number of aromatic nitrogens is 2. The zero-order valence-corrected chi connectivity index (χ0v) is 9.38. The van der Waals surface area contributed by atoms with Crippen LogP contribution in [0.5, 0.6) is 0 Å². The number of carboxylic acid groups (broad SMARTS) is 1. The molecule has 0 saturated carbocycles. The van der Waals surface area contributed by atoms with Gasteiger partial charge in [-0.15, -0.1) is 0 Å². The Labute approximate surface area is 90.7 Å². The molecule has 0 fully saturated rings. The molecule has 0 spiro atoms. The van der Waals surface area contributed by atoms with E-state index >= 15 is 0 Å². The molecule has 1 heterocycles. The minimum Gasteiger partial charge on any atom is -0.476 e. The molecule has 1 amide bonds. The van der Waals surface area contributed by atoms with Gasteiger partial charge in [0, 0.05) is 14.0 Å². The van der Waals surface area contributed by atoms with Crippen LogP contribution in [0, 0.1) is 0 Å². The van der Waals surface area contributed by atoms with Crippen molar-refractivity contribution in [2.45, 2.75) is 12.1 Å². The normalized spacial score (nSPS) is 10.1. The van der Waals surface area contributed by atoms with Crippen molar-refractivity contribution in [3.8, 4) is 0 Å². The monoisotopic (exact) mass is 229 g/mol. The molecule has 0 aromatic carbocycles. The number of rotatable bonds is 3. The summed E-state index contributed by atoms with van der Waals surface area (Å²) >= 11 is 1.31. The van der Waals surface area contributed by atoms with Crippen molar-refractivity contribution >= 4 is 29.5 Å². The molecule has 1 aromatic rings. The van der Waals surface area contributed by atoms with Gasteiger partial charge in [0.15, 0.2) is 16.7 Å². The van der Waals surface area contributed by atoms with Crippen molar-refractivity contribution in [1.82, 2.24) is 9.55 Å². The molecule has 6 nitrogen and oxygen atoms in total. The fraction of sp³-hybridized carbons (Fsp3) is 0.375. The van der Waals surface area contributed by atoms with Crippen molar-refractivity contribution in [2.75, 3.05) is 11.6 Å². The summed E-state index contributed by atoms with van der Waals surface area (Å²) in [5.74, 6) is -1.38. The maximum absolute atomic E-state index is 10.9. The van der Waals surface area contributed by atoms with Gasteiger partial charge in [-0.05, 0) is 6.26 Å². The van der Waals surface area contributed by atoms with E-state index in [1.54, 1.807) is 13.3 Å². The predicted molar refractivity (Wildman–Crippen MR) is 56.3 cm³/mol. The molecule has 0 aliphatic heterocycles. The number of anilines is 1. The summed E-state index contributed by atoms with van der Waals surface area (Å²) in [4.78, 5) is 25.8. The average Bonchev–Trinajstić information content (AvgIpc) is 2.41. The van der Waals surface area contributed by atoms with Crippen molar-refractivity contribution in [3.63, 3.8) is 0 Å². The molecule has 0 saturated heterocycles. The Balaban J connectivity index is 3.24. The zero-order chi connectivity index (χ0) is 11.6. The molecular weight excluding hydrogens is 218 g/mol. The molecule has 0 aliphatic carbocycles.